The minimum atomic E-state index is -0.847. The number of rotatable bonds is 11. The molecule has 3 aromatic carbocycles. The van der Waals surface area contributed by atoms with Gasteiger partial charge < -0.3 is 20.5 Å². The predicted molar refractivity (Wildman–Crippen MR) is 156 cm³/mol. The van der Waals surface area contributed by atoms with Gasteiger partial charge in [-0.05, 0) is 73.3 Å². The molecule has 2 fully saturated rings. The number of nitrogens with two attached hydrogens (primary N) is 1. The molecule has 1 aliphatic heterocycles. The van der Waals surface area contributed by atoms with Crippen LogP contribution < -0.4 is 15.8 Å². The zero-order valence-corrected chi connectivity index (χ0v) is 24.0. The number of carbonyl (C=O) groups is 3. The molecule has 1 saturated heterocycles. The summed E-state index contributed by atoms with van der Waals surface area (Å²) in [7, 11) is 1.15. The lowest BCUT2D eigenvalue weighted by molar-refractivity contribution is -0.123. The molecule has 2 aliphatic rings. The fraction of sp³-hybridized carbons (Fsp3) is 0.364. The third-order valence-corrected chi connectivity index (χ3v) is 8.26. The van der Waals surface area contributed by atoms with Gasteiger partial charge in [-0.3, -0.25) is 14.5 Å². The highest BCUT2D eigenvalue weighted by Crippen LogP contribution is 2.39. The van der Waals surface area contributed by atoms with Crippen LogP contribution in [0.25, 0.3) is 11.1 Å². The van der Waals surface area contributed by atoms with Gasteiger partial charge in [0.15, 0.2) is 0 Å². The van der Waals surface area contributed by atoms with Gasteiger partial charge in [0, 0.05) is 36.4 Å². The van der Waals surface area contributed by atoms with Gasteiger partial charge in [-0.25, -0.2) is 13.6 Å². The molecule has 8 nitrogen and oxygen atoms in total. The SMILES string of the molecule is COC(=O)c1c(F)cccc1-c1ccc(CNC(=O)C2CC2COc2ccc(CN3CCC(C(N)=O)CC3)cc2)c(F)c1. The lowest BCUT2D eigenvalue weighted by Crippen LogP contribution is -2.38. The second-order valence-corrected chi connectivity index (χ2v) is 11.2. The van der Waals surface area contributed by atoms with E-state index >= 15 is 0 Å². The molecule has 2 amide bonds. The van der Waals surface area contributed by atoms with Gasteiger partial charge in [0.2, 0.25) is 11.8 Å². The second kappa shape index (κ2) is 13.3. The number of primary amides is 1. The van der Waals surface area contributed by atoms with Crippen LogP contribution in [0.15, 0.2) is 60.7 Å². The maximum absolute atomic E-state index is 14.9. The number of hydrogen-bond acceptors (Lipinski definition) is 6. The molecule has 1 aliphatic carbocycles. The van der Waals surface area contributed by atoms with E-state index in [4.69, 9.17) is 10.5 Å². The van der Waals surface area contributed by atoms with Crippen LogP contribution in [-0.4, -0.2) is 49.5 Å². The Kier molecular flexibility index (Phi) is 9.35. The molecule has 10 heteroatoms. The second-order valence-electron chi connectivity index (χ2n) is 11.2. The summed E-state index contributed by atoms with van der Waals surface area (Å²) in [6.07, 6.45) is 2.29. The van der Waals surface area contributed by atoms with Gasteiger partial charge in [-0.1, -0.05) is 36.4 Å². The molecule has 2 atom stereocenters. The first kappa shape index (κ1) is 30.2. The van der Waals surface area contributed by atoms with E-state index in [-0.39, 0.29) is 52.8 Å². The molecule has 43 heavy (non-hydrogen) atoms. The van der Waals surface area contributed by atoms with Gasteiger partial charge >= 0.3 is 5.97 Å². The molecular weight excluding hydrogens is 556 g/mol. The smallest absolute Gasteiger partial charge is 0.341 e. The molecule has 1 heterocycles. The number of carbonyl (C=O) groups excluding carboxylic acids is 3. The van der Waals surface area contributed by atoms with Crippen LogP contribution in [0.5, 0.6) is 5.75 Å². The first-order valence-electron chi connectivity index (χ1n) is 14.4. The number of halogens is 2. The molecule has 1 saturated carbocycles. The first-order valence-corrected chi connectivity index (χ1v) is 14.4. The molecule has 0 radical (unpaired) electrons. The number of benzene rings is 3. The number of methoxy groups -OCH3 is 1. The van der Waals surface area contributed by atoms with Crippen molar-refractivity contribution < 1.29 is 32.6 Å². The largest absolute Gasteiger partial charge is 0.493 e. The quantitative estimate of drug-likeness (QED) is 0.319. The molecule has 0 bridgehead atoms. The van der Waals surface area contributed by atoms with Crippen LogP contribution >= 0.6 is 0 Å². The summed E-state index contributed by atoms with van der Waals surface area (Å²) in [5.74, 6) is -1.95. The van der Waals surface area contributed by atoms with E-state index in [2.05, 4.69) is 15.0 Å². The van der Waals surface area contributed by atoms with E-state index in [1.807, 2.05) is 24.3 Å². The maximum Gasteiger partial charge on any atom is 0.341 e. The van der Waals surface area contributed by atoms with E-state index < -0.39 is 17.6 Å². The molecule has 0 spiro atoms. The van der Waals surface area contributed by atoms with Crippen molar-refractivity contribution in [1.29, 1.82) is 0 Å². The van der Waals surface area contributed by atoms with Crippen LogP contribution in [0.2, 0.25) is 0 Å². The fourth-order valence-corrected chi connectivity index (χ4v) is 5.53. The van der Waals surface area contributed by atoms with E-state index in [0.29, 0.717) is 18.6 Å². The summed E-state index contributed by atoms with van der Waals surface area (Å²) < 4.78 is 39.8. The Labute approximate surface area is 249 Å². The number of nitrogens with one attached hydrogen (secondary N) is 1. The predicted octanol–water partition coefficient (Wildman–Crippen LogP) is 4.45. The number of ether oxygens (including phenoxy) is 2. The molecule has 3 aromatic rings. The highest BCUT2D eigenvalue weighted by atomic mass is 19.1. The summed E-state index contributed by atoms with van der Waals surface area (Å²) in [4.78, 5) is 38.4. The van der Waals surface area contributed by atoms with Gasteiger partial charge in [0.1, 0.15) is 22.9 Å². The summed E-state index contributed by atoms with van der Waals surface area (Å²) >= 11 is 0. The maximum atomic E-state index is 14.9. The van der Waals surface area contributed by atoms with Gasteiger partial charge in [0.05, 0.1) is 13.7 Å². The summed E-state index contributed by atoms with van der Waals surface area (Å²) in [5.41, 5.74) is 7.14. The van der Waals surface area contributed by atoms with Crippen LogP contribution in [0.3, 0.4) is 0 Å². The van der Waals surface area contributed by atoms with E-state index in [1.54, 1.807) is 6.07 Å². The van der Waals surface area contributed by atoms with Crippen molar-refractivity contribution in [3.8, 4) is 16.9 Å². The van der Waals surface area contributed by atoms with Crippen LogP contribution in [0.1, 0.15) is 40.7 Å². The topological polar surface area (TPSA) is 111 Å². The van der Waals surface area contributed by atoms with Crippen molar-refractivity contribution in [2.24, 2.45) is 23.5 Å². The lowest BCUT2D eigenvalue weighted by Gasteiger charge is -2.30. The van der Waals surface area contributed by atoms with Crippen LogP contribution in [0.4, 0.5) is 8.78 Å². The number of hydrogen-bond donors (Lipinski definition) is 2. The van der Waals surface area contributed by atoms with Gasteiger partial charge in [0.25, 0.3) is 0 Å². The van der Waals surface area contributed by atoms with Crippen molar-refractivity contribution in [2.45, 2.75) is 32.4 Å². The summed E-state index contributed by atoms with van der Waals surface area (Å²) in [6, 6.07) is 16.3. The van der Waals surface area contributed by atoms with Crippen molar-refractivity contribution in [3.63, 3.8) is 0 Å². The summed E-state index contributed by atoms with van der Waals surface area (Å²) in [6.45, 7) is 2.92. The number of esters is 1. The zero-order chi connectivity index (χ0) is 30.5. The Balaban J connectivity index is 1.07. The van der Waals surface area contributed by atoms with Crippen molar-refractivity contribution in [1.82, 2.24) is 10.2 Å². The van der Waals surface area contributed by atoms with Crippen molar-refractivity contribution in [2.75, 3.05) is 26.8 Å². The van der Waals surface area contributed by atoms with Crippen LogP contribution in [-0.2, 0) is 27.4 Å². The molecule has 3 N–H and O–H groups in total. The van der Waals surface area contributed by atoms with E-state index in [0.717, 1.165) is 57.0 Å². The standard InChI is InChI=1S/C33H35F2N3O5/c1-42-33(41)30-26(3-2-4-28(30)34)22-7-8-23(29(35)16-22)17-37-32(40)27-15-24(27)19-43-25-9-5-20(6-10-25)18-38-13-11-21(12-14-38)31(36)39/h2-10,16,21,24,27H,11-15,17-19H2,1H3,(H2,36,39)(H,37,40). The molecule has 0 aromatic heterocycles. The fourth-order valence-electron chi connectivity index (χ4n) is 5.53. The average Bonchev–Trinajstić information content (AvgIpc) is 3.79. The van der Waals surface area contributed by atoms with E-state index in [9.17, 15) is 23.2 Å². The third-order valence-electron chi connectivity index (χ3n) is 8.26. The van der Waals surface area contributed by atoms with Crippen molar-refractivity contribution >= 4 is 17.8 Å². The first-order chi connectivity index (χ1) is 20.7. The molecular formula is C33H35F2N3O5. The number of likely N-dealkylation sites (tertiary alicyclic amines) is 1. The molecule has 2 unspecified atom stereocenters. The number of nitrogens with zero attached hydrogens (tertiary/aromatic N) is 1. The van der Waals surface area contributed by atoms with Crippen molar-refractivity contribution in [3.05, 3.63) is 89.0 Å². The minimum Gasteiger partial charge on any atom is -0.493 e. The third kappa shape index (κ3) is 7.37. The Bertz CT molecular complexity index is 1490. The molecule has 5 rings (SSSR count). The lowest BCUT2D eigenvalue weighted by atomic mass is 9.96. The zero-order valence-electron chi connectivity index (χ0n) is 24.0. The monoisotopic (exact) mass is 591 g/mol. The highest BCUT2D eigenvalue weighted by Gasteiger charge is 2.43. The Morgan fingerprint density at radius 2 is 1.74 bits per heavy atom. The van der Waals surface area contributed by atoms with E-state index in [1.165, 1.54) is 24.3 Å². The molecule has 226 valence electrons. The Morgan fingerprint density at radius 3 is 2.42 bits per heavy atom. The highest BCUT2D eigenvalue weighted by molar-refractivity contribution is 5.97. The number of amides is 2. The Morgan fingerprint density at radius 1 is 1.00 bits per heavy atom. The number of piperidine rings is 1. The summed E-state index contributed by atoms with van der Waals surface area (Å²) in [5, 5.41) is 2.79. The van der Waals surface area contributed by atoms with Crippen LogP contribution in [0, 0.1) is 29.4 Å². The van der Waals surface area contributed by atoms with Gasteiger partial charge in [-0.15, -0.1) is 0 Å². The average molecular weight is 592 g/mol. The normalized spacial score (nSPS) is 18.6. The Hall–Kier alpha value is -4.31. The van der Waals surface area contributed by atoms with Gasteiger partial charge in [-0.2, -0.15) is 0 Å². The minimum absolute atomic E-state index is 0.00367.